The van der Waals surface area contributed by atoms with Gasteiger partial charge in [0.25, 0.3) is 5.69 Å². The summed E-state index contributed by atoms with van der Waals surface area (Å²) >= 11 is 0. The average Bonchev–Trinajstić information content (AvgIpc) is 3.14. The molecule has 0 saturated carbocycles. The predicted octanol–water partition coefficient (Wildman–Crippen LogP) is 6.20. The number of aryl methyl sites for hydroxylation is 1. The summed E-state index contributed by atoms with van der Waals surface area (Å²) in [6.45, 7) is 10.4. The maximum atomic E-state index is 13.4. The minimum absolute atomic E-state index is 0.0532. The van der Waals surface area contributed by atoms with Crippen molar-refractivity contribution in [3.8, 4) is 17.2 Å². The lowest BCUT2D eigenvalue weighted by molar-refractivity contribution is -0.384. The van der Waals surface area contributed by atoms with Crippen molar-refractivity contribution in [2.75, 3.05) is 11.5 Å². The summed E-state index contributed by atoms with van der Waals surface area (Å²) in [5, 5.41) is 21.5. The van der Waals surface area contributed by atoms with Crippen LogP contribution in [0.15, 0.2) is 42.5 Å². The van der Waals surface area contributed by atoms with E-state index in [-0.39, 0.29) is 24.4 Å². The van der Waals surface area contributed by atoms with Gasteiger partial charge in [-0.3, -0.25) is 15.0 Å². The quantitative estimate of drug-likeness (QED) is 0.223. The first-order valence-electron chi connectivity index (χ1n) is 12.0. The molecule has 0 unspecified atom stereocenters. The van der Waals surface area contributed by atoms with E-state index in [1.807, 2.05) is 26.0 Å². The van der Waals surface area contributed by atoms with Crippen molar-refractivity contribution in [3.63, 3.8) is 0 Å². The molecule has 0 aliphatic rings. The molecule has 0 bridgehead atoms. The number of nitro groups is 1. The summed E-state index contributed by atoms with van der Waals surface area (Å²) in [5.41, 5.74) is 2.82. The molecule has 1 aromatic heterocycles. The number of para-hydroxylation sites is 1. The van der Waals surface area contributed by atoms with Gasteiger partial charge in [0.15, 0.2) is 0 Å². The Balaban J connectivity index is 2.12. The number of H-pyrrole nitrogens is 1. The Morgan fingerprint density at radius 3 is 2.34 bits per heavy atom. The highest BCUT2D eigenvalue weighted by Crippen LogP contribution is 2.36. The summed E-state index contributed by atoms with van der Waals surface area (Å²) in [6, 6.07) is 13.3. The van der Waals surface area contributed by atoms with Crippen LogP contribution in [0.4, 0.5) is 16.2 Å². The zero-order chi connectivity index (χ0) is 28.2. The molecular weight excluding hydrogens is 488 g/mol. The second kappa shape index (κ2) is 11.2. The molecule has 0 fully saturated rings. The van der Waals surface area contributed by atoms with E-state index in [0.29, 0.717) is 11.3 Å². The van der Waals surface area contributed by atoms with Crippen LogP contribution in [-0.2, 0) is 16.0 Å². The molecule has 3 rings (SSSR count). The minimum Gasteiger partial charge on any atom is -0.462 e. The van der Waals surface area contributed by atoms with E-state index < -0.39 is 28.3 Å². The van der Waals surface area contributed by atoms with Crippen molar-refractivity contribution in [1.82, 2.24) is 4.98 Å². The third-order valence-electron chi connectivity index (χ3n) is 5.79. The van der Waals surface area contributed by atoms with Crippen molar-refractivity contribution in [3.05, 3.63) is 80.7 Å². The van der Waals surface area contributed by atoms with Gasteiger partial charge >= 0.3 is 12.1 Å². The SMILES string of the molecule is CCOC(=O)c1cccc([N+](=O)[O-])c1N(Cc1ccc(-c2c(C#N)[nH]c(C)c2C)cc1)C(=O)OC(C)(C)C. The van der Waals surface area contributed by atoms with Crippen molar-refractivity contribution in [1.29, 1.82) is 5.26 Å². The molecule has 0 aliphatic carbocycles. The molecule has 1 N–H and O–H groups in total. The van der Waals surface area contributed by atoms with Crippen molar-refractivity contribution < 1.29 is 24.0 Å². The Morgan fingerprint density at radius 1 is 1.13 bits per heavy atom. The fourth-order valence-corrected chi connectivity index (χ4v) is 4.01. The number of aromatic amines is 1. The number of hydrogen-bond donors (Lipinski definition) is 1. The van der Waals surface area contributed by atoms with Crippen LogP contribution in [0.3, 0.4) is 0 Å². The van der Waals surface area contributed by atoms with Gasteiger partial charge in [-0.25, -0.2) is 9.59 Å². The van der Waals surface area contributed by atoms with Crippen molar-refractivity contribution in [2.24, 2.45) is 0 Å². The van der Waals surface area contributed by atoms with Gasteiger partial charge in [-0.15, -0.1) is 0 Å². The zero-order valence-corrected chi connectivity index (χ0v) is 22.2. The van der Waals surface area contributed by atoms with Gasteiger partial charge in [-0.2, -0.15) is 5.26 Å². The third-order valence-corrected chi connectivity index (χ3v) is 5.79. The second-order valence-corrected chi connectivity index (χ2v) is 9.65. The number of esters is 1. The van der Waals surface area contributed by atoms with Crippen LogP contribution >= 0.6 is 0 Å². The molecule has 0 spiro atoms. The lowest BCUT2D eigenvalue weighted by Gasteiger charge is -2.28. The fraction of sp³-hybridized carbons (Fsp3) is 0.321. The molecular formula is C28H30N4O6. The summed E-state index contributed by atoms with van der Waals surface area (Å²) in [4.78, 5) is 41.6. The summed E-state index contributed by atoms with van der Waals surface area (Å²) in [5.74, 6) is -0.794. The van der Waals surface area contributed by atoms with Crippen LogP contribution in [0.25, 0.3) is 11.1 Å². The summed E-state index contributed by atoms with van der Waals surface area (Å²) in [6.07, 6.45) is -0.856. The van der Waals surface area contributed by atoms with Gasteiger partial charge in [-0.1, -0.05) is 30.3 Å². The molecule has 10 heteroatoms. The van der Waals surface area contributed by atoms with E-state index in [1.165, 1.54) is 18.2 Å². The Labute approximate surface area is 220 Å². The molecule has 0 aliphatic heterocycles. The number of nitrogens with zero attached hydrogens (tertiary/aromatic N) is 3. The Hall–Kier alpha value is -4.65. The molecule has 0 atom stereocenters. The van der Waals surface area contributed by atoms with Gasteiger partial charge < -0.3 is 14.5 Å². The topological polar surface area (TPSA) is 139 Å². The van der Waals surface area contributed by atoms with Gasteiger partial charge in [0.05, 0.1) is 23.6 Å². The van der Waals surface area contributed by atoms with Crippen LogP contribution in [0.1, 0.15) is 60.6 Å². The standard InChI is InChI=1S/C28H30N4O6/c1-7-37-26(33)21-9-8-10-23(32(35)36)25(21)31(27(34)38-28(4,5)6)16-19-11-13-20(14-12-19)24-17(2)18(3)30-22(24)15-29/h8-14,30H,7,16H2,1-6H3. The van der Waals surface area contributed by atoms with Crippen molar-refractivity contribution in [2.45, 2.75) is 53.7 Å². The van der Waals surface area contributed by atoms with Crippen LogP contribution < -0.4 is 4.90 Å². The summed E-state index contributed by atoms with van der Waals surface area (Å²) in [7, 11) is 0. The Kier molecular flexibility index (Phi) is 8.21. The Bertz CT molecular complexity index is 1410. The second-order valence-electron chi connectivity index (χ2n) is 9.65. The Morgan fingerprint density at radius 2 is 1.79 bits per heavy atom. The first-order valence-corrected chi connectivity index (χ1v) is 12.0. The van der Waals surface area contributed by atoms with Gasteiger partial charge in [0, 0.05) is 17.3 Å². The van der Waals surface area contributed by atoms with Crippen LogP contribution in [0, 0.1) is 35.3 Å². The van der Waals surface area contributed by atoms with E-state index in [4.69, 9.17) is 9.47 Å². The van der Waals surface area contributed by atoms with Gasteiger partial charge in [0.2, 0.25) is 0 Å². The molecule has 1 amide bonds. The molecule has 1 heterocycles. The molecule has 0 radical (unpaired) electrons. The highest BCUT2D eigenvalue weighted by molar-refractivity contribution is 6.03. The predicted molar refractivity (Wildman–Crippen MR) is 142 cm³/mol. The average molecular weight is 519 g/mol. The van der Waals surface area contributed by atoms with E-state index in [1.54, 1.807) is 39.8 Å². The molecule has 3 aromatic rings. The minimum atomic E-state index is -0.899. The smallest absolute Gasteiger partial charge is 0.415 e. The van der Waals surface area contributed by atoms with Gasteiger partial charge in [-0.05, 0) is 64.3 Å². The molecule has 10 nitrogen and oxygen atoms in total. The molecule has 0 saturated heterocycles. The number of carbonyl (C=O) groups excluding carboxylic acids is 2. The number of nitrogens with one attached hydrogen (secondary N) is 1. The summed E-state index contributed by atoms with van der Waals surface area (Å²) < 4.78 is 10.7. The van der Waals surface area contributed by atoms with E-state index in [9.17, 15) is 25.0 Å². The number of benzene rings is 2. The normalized spacial score (nSPS) is 11.0. The van der Waals surface area contributed by atoms with Crippen LogP contribution in [0.2, 0.25) is 0 Å². The van der Waals surface area contributed by atoms with Crippen LogP contribution in [0.5, 0.6) is 0 Å². The number of ether oxygens (including phenoxy) is 2. The maximum absolute atomic E-state index is 13.4. The number of aromatic nitrogens is 1. The number of hydrogen-bond acceptors (Lipinski definition) is 7. The number of nitro benzene ring substituents is 1. The highest BCUT2D eigenvalue weighted by atomic mass is 16.6. The number of rotatable bonds is 7. The third kappa shape index (κ3) is 6.00. The molecule has 198 valence electrons. The number of nitriles is 1. The van der Waals surface area contributed by atoms with Gasteiger partial charge in [0.1, 0.15) is 23.1 Å². The van der Waals surface area contributed by atoms with E-state index in [0.717, 1.165) is 27.3 Å². The monoisotopic (exact) mass is 518 g/mol. The highest BCUT2D eigenvalue weighted by Gasteiger charge is 2.33. The number of anilines is 1. The lowest BCUT2D eigenvalue weighted by atomic mass is 10.00. The zero-order valence-electron chi connectivity index (χ0n) is 22.2. The molecule has 38 heavy (non-hydrogen) atoms. The number of amides is 1. The van der Waals surface area contributed by atoms with Crippen LogP contribution in [-0.4, -0.2) is 34.2 Å². The first-order chi connectivity index (χ1) is 17.9. The lowest BCUT2D eigenvalue weighted by Crippen LogP contribution is -2.37. The largest absolute Gasteiger partial charge is 0.462 e. The maximum Gasteiger partial charge on any atom is 0.415 e. The number of carbonyl (C=O) groups is 2. The molecule has 2 aromatic carbocycles. The van der Waals surface area contributed by atoms with E-state index >= 15 is 0 Å². The van der Waals surface area contributed by atoms with Crippen molar-refractivity contribution >= 4 is 23.4 Å². The first kappa shape index (κ1) is 27.9. The fourth-order valence-electron chi connectivity index (χ4n) is 4.01. The van der Waals surface area contributed by atoms with E-state index in [2.05, 4.69) is 11.1 Å².